The Morgan fingerprint density at radius 1 is 1.30 bits per heavy atom. The second kappa shape index (κ2) is 5.58. The minimum absolute atomic E-state index is 0.117. The third-order valence-corrected chi connectivity index (χ3v) is 5.00. The highest BCUT2D eigenvalue weighted by atomic mass is 19.1. The van der Waals surface area contributed by atoms with Gasteiger partial charge in [0.05, 0.1) is 12.2 Å². The Kier molecular flexibility index (Phi) is 3.54. The van der Waals surface area contributed by atoms with Crippen LogP contribution in [0.1, 0.15) is 23.6 Å². The minimum atomic E-state index is -0.380. The van der Waals surface area contributed by atoms with E-state index in [-0.39, 0.29) is 18.0 Å². The highest BCUT2D eigenvalue weighted by Gasteiger charge is 2.32. The molecular weight excluding hydrogens is 295 g/mol. The van der Waals surface area contributed by atoms with Crippen LogP contribution in [0.4, 0.5) is 4.39 Å². The van der Waals surface area contributed by atoms with Crippen LogP contribution in [0.5, 0.6) is 0 Å². The Labute approximate surface area is 133 Å². The first-order valence-corrected chi connectivity index (χ1v) is 8.01. The van der Waals surface area contributed by atoms with Gasteiger partial charge < -0.3 is 15.0 Å². The summed E-state index contributed by atoms with van der Waals surface area (Å²) in [6.45, 7) is 2.25. The van der Waals surface area contributed by atoms with Crippen molar-refractivity contribution < 1.29 is 9.50 Å². The summed E-state index contributed by atoms with van der Waals surface area (Å²) in [6, 6.07) is 7.95. The Balaban J connectivity index is 1.94. The van der Waals surface area contributed by atoms with Crippen LogP contribution in [0.25, 0.3) is 11.1 Å². The number of hydrogen-bond donors (Lipinski definition) is 2. The Bertz CT molecular complexity index is 815. The number of piperidine rings is 1. The van der Waals surface area contributed by atoms with Crippen molar-refractivity contribution in [3.63, 3.8) is 0 Å². The van der Waals surface area contributed by atoms with Gasteiger partial charge >= 0.3 is 0 Å². The van der Waals surface area contributed by atoms with Gasteiger partial charge in [-0.2, -0.15) is 0 Å². The second-order valence-corrected chi connectivity index (χ2v) is 6.51. The van der Waals surface area contributed by atoms with E-state index in [2.05, 4.69) is 5.32 Å². The fraction of sp³-hybridized carbons (Fsp3) is 0.389. The first kappa shape index (κ1) is 14.6. The van der Waals surface area contributed by atoms with E-state index in [1.807, 2.05) is 10.6 Å². The van der Waals surface area contributed by atoms with Crippen LogP contribution in [0.15, 0.2) is 35.1 Å². The molecule has 1 saturated heterocycles. The Morgan fingerprint density at radius 3 is 2.96 bits per heavy atom. The molecular formula is C18H19FN2O2. The molecule has 2 atom stereocenters. The van der Waals surface area contributed by atoms with Gasteiger partial charge in [0.25, 0.3) is 5.56 Å². The fourth-order valence-electron chi connectivity index (χ4n) is 3.98. The molecule has 2 aliphatic heterocycles. The number of aromatic nitrogens is 1. The molecule has 23 heavy (non-hydrogen) atoms. The van der Waals surface area contributed by atoms with E-state index in [1.165, 1.54) is 12.1 Å². The number of aliphatic hydroxyl groups excluding tert-OH is 1. The van der Waals surface area contributed by atoms with E-state index in [4.69, 9.17) is 0 Å². The maximum Gasteiger partial charge on any atom is 0.259 e. The fourth-order valence-corrected chi connectivity index (χ4v) is 3.98. The number of aliphatic hydroxyl groups is 1. The zero-order valence-electron chi connectivity index (χ0n) is 12.8. The molecule has 2 bridgehead atoms. The Morgan fingerprint density at radius 2 is 2.17 bits per heavy atom. The molecule has 3 heterocycles. The van der Waals surface area contributed by atoms with Crippen molar-refractivity contribution in [2.24, 2.45) is 5.92 Å². The second-order valence-electron chi connectivity index (χ2n) is 6.51. The molecule has 2 aromatic rings. The largest absolute Gasteiger partial charge is 0.392 e. The maximum atomic E-state index is 13.6. The molecule has 0 saturated carbocycles. The topological polar surface area (TPSA) is 54.3 Å². The molecule has 5 heteroatoms. The molecule has 0 spiro atoms. The van der Waals surface area contributed by atoms with E-state index in [9.17, 15) is 14.3 Å². The van der Waals surface area contributed by atoms with Crippen molar-refractivity contribution in [2.75, 3.05) is 13.1 Å². The lowest BCUT2D eigenvalue weighted by atomic mass is 9.83. The number of rotatable bonds is 2. The predicted octanol–water partition coefficient (Wildman–Crippen LogP) is 1.85. The number of fused-ring (bicyclic) bond motifs is 4. The SMILES string of the molecule is O=c1c(-c2cccc(F)c2)c(CO)cc2n1CC1CNCC2C1. The van der Waals surface area contributed by atoms with Crippen LogP contribution >= 0.6 is 0 Å². The molecule has 2 N–H and O–H groups in total. The van der Waals surface area contributed by atoms with Crippen molar-refractivity contribution in [1.29, 1.82) is 0 Å². The van der Waals surface area contributed by atoms with Crippen LogP contribution in [0.2, 0.25) is 0 Å². The number of pyridine rings is 1. The molecule has 0 aliphatic carbocycles. The van der Waals surface area contributed by atoms with Crippen molar-refractivity contribution in [3.05, 3.63) is 57.8 Å². The van der Waals surface area contributed by atoms with E-state index >= 15 is 0 Å². The monoisotopic (exact) mass is 314 g/mol. The van der Waals surface area contributed by atoms with E-state index in [0.717, 1.165) is 25.2 Å². The van der Waals surface area contributed by atoms with Gasteiger partial charge in [-0.15, -0.1) is 0 Å². The zero-order valence-corrected chi connectivity index (χ0v) is 12.8. The number of halogens is 1. The third kappa shape index (κ3) is 2.40. The van der Waals surface area contributed by atoms with Gasteiger partial charge in [-0.05, 0) is 48.2 Å². The summed E-state index contributed by atoms with van der Waals surface area (Å²) in [5.41, 5.74) is 2.40. The highest BCUT2D eigenvalue weighted by molar-refractivity contribution is 5.67. The average Bonchev–Trinajstić information content (AvgIpc) is 2.56. The van der Waals surface area contributed by atoms with Gasteiger partial charge in [-0.1, -0.05) is 12.1 Å². The molecule has 1 aromatic heterocycles. The molecule has 1 aromatic carbocycles. The summed E-state index contributed by atoms with van der Waals surface area (Å²) >= 11 is 0. The van der Waals surface area contributed by atoms with Crippen LogP contribution in [0, 0.1) is 11.7 Å². The van der Waals surface area contributed by atoms with E-state index in [0.29, 0.717) is 35.1 Å². The van der Waals surface area contributed by atoms with Crippen LogP contribution < -0.4 is 10.9 Å². The number of nitrogens with zero attached hydrogens (tertiary/aromatic N) is 1. The van der Waals surface area contributed by atoms with Gasteiger partial charge in [-0.25, -0.2) is 4.39 Å². The number of hydrogen-bond acceptors (Lipinski definition) is 3. The molecule has 2 aliphatic rings. The van der Waals surface area contributed by atoms with Crippen LogP contribution in [-0.2, 0) is 13.2 Å². The molecule has 4 rings (SSSR count). The quantitative estimate of drug-likeness (QED) is 0.889. The first-order valence-electron chi connectivity index (χ1n) is 8.01. The molecule has 4 nitrogen and oxygen atoms in total. The molecule has 120 valence electrons. The summed E-state index contributed by atoms with van der Waals surface area (Å²) in [5.74, 6) is 0.385. The minimum Gasteiger partial charge on any atom is -0.392 e. The van der Waals surface area contributed by atoms with Crippen molar-refractivity contribution in [3.8, 4) is 11.1 Å². The molecule has 1 fully saturated rings. The summed E-state index contributed by atoms with van der Waals surface area (Å²) < 4.78 is 15.4. The predicted molar refractivity (Wildman–Crippen MR) is 85.7 cm³/mol. The standard InChI is InChI=1S/C18H19FN2O2/c19-15-3-1-2-12(5-15)17-14(10-22)6-16-13-4-11(7-20-8-13)9-21(16)18(17)23/h1-3,5-6,11,13,20,22H,4,7-10H2. The lowest BCUT2D eigenvalue weighted by Gasteiger charge is -2.38. The molecule has 0 radical (unpaired) electrons. The Hall–Kier alpha value is -1.98. The van der Waals surface area contributed by atoms with Gasteiger partial charge in [0.2, 0.25) is 0 Å². The summed E-state index contributed by atoms with van der Waals surface area (Å²) in [5, 5.41) is 13.2. The lowest BCUT2D eigenvalue weighted by Crippen LogP contribution is -2.45. The summed E-state index contributed by atoms with van der Waals surface area (Å²) in [7, 11) is 0. The smallest absolute Gasteiger partial charge is 0.259 e. The third-order valence-electron chi connectivity index (χ3n) is 5.00. The van der Waals surface area contributed by atoms with Gasteiger partial charge in [-0.3, -0.25) is 4.79 Å². The first-order chi connectivity index (χ1) is 11.2. The highest BCUT2D eigenvalue weighted by Crippen LogP contribution is 2.34. The number of benzene rings is 1. The maximum absolute atomic E-state index is 13.6. The molecule has 2 unspecified atom stereocenters. The van der Waals surface area contributed by atoms with Crippen LogP contribution in [0.3, 0.4) is 0 Å². The molecule has 0 amide bonds. The van der Waals surface area contributed by atoms with Crippen molar-refractivity contribution in [1.82, 2.24) is 9.88 Å². The van der Waals surface area contributed by atoms with E-state index in [1.54, 1.807) is 12.1 Å². The summed E-state index contributed by atoms with van der Waals surface area (Å²) in [4.78, 5) is 13.0. The number of nitrogens with one attached hydrogen (secondary N) is 1. The van der Waals surface area contributed by atoms with Gasteiger partial charge in [0, 0.05) is 24.7 Å². The average molecular weight is 314 g/mol. The van der Waals surface area contributed by atoms with Crippen LogP contribution in [-0.4, -0.2) is 22.8 Å². The summed E-state index contributed by atoms with van der Waals surface area (Å²) in [6.07, 6.45) is 1.08. The zero-order chi connectivity index (χ0) is 16.0. The van der Waals surface area contributed by atoms with Gasteiger partial charge in [0.1, 0.15) is 5.82 Å². The normalized spacial score (nSPS) is 22.7. The van der Waals surface area contributed by atoms with Crippen molar-refractivity contribution in [2.45, 2.75) is 25.5 Å². The lowest BCUT2D eigenvalue weighted by molar-refractivity contribution is 0.253. The van der Waals surface area contributed by atoms with E-state index < -0.39 is 0 Å². The van der Waals surface area contributed by atoms with Crippen molar-refractivity contribution >= 4 is 0 Å². The van der Waals surface area contributed by atoms with Gasteiger partial charge in [0.15, 0.2) is 0 Å².